The maximum Gasteiger partial charge on any atom is 0.239 e. The highest BCUT2D eigenvalue weighted by Crippen LogP contribution is 2.31. The van der Waals surface area contributed by atoms with E-state index in [-0.39, 0.29) is 12.5 Å². The van der Waals surface area contributed by atoms with Crippen molar-refractivity contribution in [2.24, 2.45) is 5.41 Å². The summed E-state index contributed by atoms with van der Waals surface area (Å²) in [5, 5.41) is 9.31. The van der Waals surface area contributed by atoms with Gasteiger partial charge in [0.1, 0.15) is 5.41 Å². The second kappa shape index (κ2) is 4.76. The van der Waals surface area contributed by atoms with E-state index >= 15 is 0 Å². The number of ether oxygens (including phenoxy) is 1. The van der Waals surface area contributed by atoms with Crippen LogP contribution in [0.4, 0.5) is 5.69 Å². The zero-order chi connectivity index (χ0) is 12.5. The minimum atomic E-state index is -0.748. The van der Waals surface area contributed by atoms with Gasteiger partial charge in [0.25, 0.3) is 0 Å². The predicted molar refractivity (Wildman–Crippen MR) is 67.9 cm³/mol. The van der Waals surface area contributed by atoms with E-state index in [1.165, 1.54) is 0 Å². The molecule has 1 aromatic carbocycles. The minimum absolute atomic E-state index is 0.103. The number of nitrogens with zero attached hydrogens (tertiary/aromatic N) is 1. The number of hydrogen-bond acceptors (Lipinski definition) is 3. The SMILES string of the molecule is CN(C(=O)C1(CO)COC1)c1ccc(Br)cc1. The average Bonchev–Trinajstić information content (AvgIpc) is 2.28. The molecule has 1 aliphatic heterocycles. The third kappa shape index (κ3) is 2.22. The van der Waals surface area contributed by atoms with Crippen molar-refractivity contribution in [2.45, 2.75) is 0 Å². The van der Waals surface area contributed by atoms with Crippen LogP contribution in [-0.2, 0) is 9.53 Å². The van der Waals surface area contributed by atoms with E-state index in [0.717, 1.165) is 10.2 Å². The molecule has 1 fully saturated rings. The van der Waals surface area contributed by atoms with Gasteiger partial charge in [-0.15, -0.1) is 0 Å². The Kier molecular flexibility index (Phi) is 3.51. The number of carbonyl (C=O) groups is 1. The standard InChI is InChI=1S/C12H14BrNO3/c1-14(10-4-2-9(13)3-5-10)11(16)12(6-15)7-17-8-12/h2-5,15H,6-8H2,1H3. The van der Waals surface area contributed by atoms with Crippen molar-refractivity contribution < 1.29 is 14.6 Å². The van der Waals surface area contributed by atoms with Gasteiger partial charge in [0.15, 0.2) is 0 Å². The van der Waals surface area contributed by atoms with E-state index in [1.54, 1.807) is 11.9 Å². The number of carbonyl (C=O) groups excluding carboxylic acids is 1. The summed E-state index contributed by atoms with van der Waals surface area (Å²) in [6.07, 6.45) is 0. The van der Waals surface area contributed by atoms with Crippen LogP contribution in [0.15, 0.2) is 28.7 Å². The summed E-state index contributed by atoms with van der Waals surface area (Å²) in [6, 6.07) is 7.46. The molecule has 1 aliphatic rings. The fourth-order valence-electron chi connectivity index (χ4n) is 1.77. The third-order valence-corrected chi connectivity index (χ3v) is 3.56. The largest absolute Gasteiger partial charge is 0.395 e. The van der Waals surface area contributed by atoms with Crippen molar-refractivity contribution >= 4 is 27.5 Å². The molecule has 4 nitrogen and oxygen atoms in total. The van der Waals surface area contributed by atoms with Crippen LogP contribution < -0.4 is 4.90 Å². The molecule has 0 spiro atoms. The Bertz CT molecular complexity index is 409. The van der Waals surface area contributed by atoms with E-state index < -0.39 is 5.41 Å². The molecule has 17 heavy (non-hydrogen) atoms. The molecule has 2 rings (SSSR count). The van der Waals surface area contributed by atoms with Gasteiger partial charge in [-0.2, -0.15) is 0 Å². The van der Waals surface area contributed by atoms with Crippen molar-refractivity contribution in [1.82, 2.24) is 0 Å². The number of aliphatic hydroxyl groups excluding tert-OH is 1. The highest BCUT2D eigenvalue weighted by atomic mass is 79.9. The molecule has 0 unspecified atom stereocenters. The van der Waals surface area contributed by atoms with Crippen LogP contribution in [0.1, 0.15) is 0 Å². The van der Waals surface area contributed by atoms with Crippen molar-refractivity contribution in [3.05, 3.63) is 28.7 Å². The molecule has 0 bridgehead atoms. The molecular weight excluding hydrogens is 286 g/mol. The van der Waals surface area contributed by atoms with Crippen LogP contribution in [0.3, 0.4) is 0 Å². The van der Waals surface area contributed by atoms with E-state index in [4.69, 9.17) is 4.74 Å². The number of aliphatic hydroxyl groups is 1. The fraction of sp³-hybridized carbons (Fsp3) is 0.417. The molecule has 1 aromatic rings. The van der Waals surface area contributed by atoms with Gasteiger partial charge >= 0.3 is 0 Å². The minimum Gasteiger partial charge on any atom is -0.395 e. The molecule has 0 atom stereocenters. The first-order valence-corrected chi connectivity index (χ1v) is 6.11. The molecule has 1 amide bonds. The quantitative estimate of drug-likeness (QED) is 0.918. The van der Waals surface area contributed by atoms with E-state index in [1.807, 2.05) is 24.3 Å². The van der Waals surface area contributed by atoms with Crippen molar-refractivity contribution in [3.8, 4) is 0 Å². The Morgan fingerprint density at radius 1 is 1.47 bits per heavy atom. The van der Waals surface area contributed by atoms with Crippen LogP contribution in [-0.4, -0.2) is 37.9 Å². The van der Waals surface area contributed by atoms with E-state index in [0.29, 0.717) is 13.2 Å². The topological polar surface area (TPSA) is 49.8 Å². The monoisotopic (exact) mass is 299 g/mol. The second-order valence-corrected chi connectivity index (χ2v) is 5.19. The van der Waals surface area contributed by atoms with Crippen LogP contribution in [0.25, 0.3) is 0 Å². The van der Waals surface area contributed by atoms with Crippen LogP contribution in [0.5, 0.6) is 0 Å². The van der Waals surface area contributed by atoms with Crippen LogP contribution in [0.2, 0.25) is 0 Å². The number of anilines is 1. The summed E-state index contributed by atoms with van der Waals surface area (Å²) in [7, 11) is 1.71. The Balaban J connectivity index is 2.17. The lowest BCUT2D eigenvalue weighted by molar-refractivity contribution is -0.166. The number of benzene rings is 1. The molecule has 5 heteroatoms. The number of amides is 1. The van der Waals surface area contributed by atoms with Gasteiger partial charge in [0.2, 0.25) is 5.91 Å². The molecule has 0 radical (unpaired) electrons. The summed E-state index contributed by atoms with van der Waals surface area (Å²) in [4.78, 5) is 13.8. The zero-order valence-electron chi connectivity index (χ0n) is 9.52. The maximum atomic E-state index is 12.2. The van der Waals surface area contributed by atoms with Crippen molar-refractivity contribution in [1.29, 1.82) is 0 Å². The molecule has 0 aliphatic carbocycles. The van der Waals surface area contributed by atoms with E-state index in [9.17, 15) is 9.90 Å². The lowest BCUT2D eigenvalue weighted by Crippen LogP contribution is -2.56. The van der Waals surface area contributed by atoms with Gasteiger partial charge in [0, 0.05) is 17.2 Å². The molecule has 0 saturated carbocycles. The summed E-state index contributed by atoms with van der Waals surface area (Å²) >= 11 is 3.35. The Morgan fingerprint density at radius 3 is 2.47 bits per heavy atom. The van der Waals surface area contributed by atoms with Gasteiger partial charge in [-0.1, -0.05) is 15.9 Å². The molecule has 1 N–H and O–H groups in total. The first-order chi connectivity index (χ1) is 8.09. The molecule has 1 saturated heterocycles. The first-order valence-electron chi connectivity index (χ1n) is 5.31. The second-order valence-electron chi connectivity index (χ2n) is 4.27. The summed E-state index contributed by atoms with van der Waals surface area (Å²) in [6.45, 7) is 0.416. The van der Waals surface area contributed by atoms with Gasteiger partial charge in [0.05, 0.1) is 19.8 Å². The van der Waals surface area contributed by atoms with E-state index in [2.05, 4.69) is 15.9 Å². The van der Waals surface area contributed by atoms with Gasteiger partial charge < -0.3 is 14.7 Å². The number of hydrogen-bond donors (Lipinski definition) is 1. The lowest BCUT2D eigenvalue weighted by atomic mass is 9.85. The lowest BCUT2D eigenvalue weighted by Gasteiger charge is -2.40. The average molecular weight is 300 g/mol. The highest BCUT2D eigenvalue weighted by molar-refractivity contribution is 9.10. The maximum absolute atomic E-state index is 12.2. The smallest absolute Gasteiger partial charge is 0.239 e. The van der Waals surface area contributed by atoms with Crippen molar-refractivity contribution in [2.75, 3.05) is 31.8 Å². The molecule has 1 heterocycles. The number of rotatable bonds is 3. The molecular formula is C12H14BrNO3. The van der Waals surface area contributed by atoms with Crippen molar-refractivity contribution in [3.63, 3.8) is 0 Å². The number of halogens is 1. The summed E-state index contributed by atoms with van der Waals surface area (Å²) < 4.78 is 6.00. The zero-order valence-corrected chi connectivity index (χ0v) is 11.1. The van der Waals surface area contributed by atoms with Crippen LogP contribution in [0, 0.1) is 5.41 Å². The molecule has 92 valence electrons. The summed E-state index contributed by atoms with van der Waals surface area (Å²) in [5.41, 5.74) is 0.0554. The van der Waals surface area contributed by atoms with Gasteiger partial charge in [-0.05, 0) is 24.3 Å². The van der Waals surface area contributed by atoms with Gasteiger partial charge in [-0.3, -0.25) is 4.79 Å². The Labute approximate surface area is 108 Å². The predicted octanol–water partition coefficient (Wildman–Crippen LogP) is 1.42. The Morgan fingerprint density at radius 2 is 2.06 bits per heavy atom. The first kappa shape index (κ1) is 12.5. The Hall–Kier alpha value is -0.910. The fourth-order valence-corrected chi connectivity index (χ4v) is 2.03. The molecule has 0 aromatic heterocycles. The van der Waals surface area contributed by atoms with Crippen LogP contribution >= 0.6 is 15.9 Å². The third-order valence-electron chi connectivity index (χ3n) is 3.03. The summed E-state index contributed by atoms with van der Waals surface area (Å²) in [5.74, 6) is -0.103. The highest BCUT2D eigenvalue weighted by Gasteiger charge is 2.47. The van der Waals surface area contributed by atoms with Gasteiger partial charge in [-0.25, -0.2) is 0 Å². The normalized spacial score (nSPS) is 17.4.